The number of carbonyl (C=O) groups excluding carboxylic acids is 1. The van der Waals surface area contributed by atoms with Gasteiger partial charge in [0.2, 0.25) is 11.9 Å². The molecule has 2 saturated heterocycles. The van der Waals surface area contributed by atoms with Gasteiger partial charge in [-0.1, -0.05) is 0 Å². The standard InChI is InChI=1S/C16H24N4O3/c1-22-8-4-15(21)20-7-3-12-11-23-14(13(12)10-20)9-19-16-17-5-2-6-18-16/h2,5-6,12-14H,3-4,7-11H2,1H3,(H,17,18,19)/t12-,13-,14+/m1/s1. The lowest BCUT2D eigenvalue weighted by Gasteiger charge is -2.36. The van der Waals surface area contributed by atoms with Gasteiger partial charge in [-0.25, -0.2) is 9.97 Å². The molecule has 23 heavy (non-hydrogen) atoms. The summed E-state index contributed by atoms with van der Waals surface area (Å²) in [5.74, 6) is 1.72. The van der Waals surface area contributed by atoms with Crippen LogP contribution in [0.5, 0.6) is 0 Å². The zero-order chi connectivity index (χ0) is 16.1. The molecular formula is C16H24N4O3. The first-order valence-corrected chi connectivity index (χ1v) is 8.17. The lowest BCUT2D eigenvalue weighted by Crippen LogP contribution is -2.46. The fourth-order valence-electron chi connectivity index (χ4n) is 3.40. The van der Waals surface area contributed by atoms with Gasteiger partial charge >= 0.3 is 0 Å². The van der Waals surface area contributed by atoms with Gasteiger partial charge in [0, 0.05) is 45.1 Å². The maximum atomic E-state index is 12.2. The summed E-state index contributed by atoms with van der Waals surface area (Å²) in [4.78, 5) is 22.5. The molecule has 1 aromatic heterocycles. The van der Waals surface area contributed by atoms with E-state index >= 15 is 0 Å². The van der Waals surface area contributed by atoms with Crippen LogP contribution >= 0.6 is 0 Å². The summed E-state index contributed by atoms with van der Waals surface area (Å²) in [6.45, 7) is 3.54. The van der Waals surface area contributed by atoms with Crippen molar-refractivity contribution in [2.45, 2.75) is 18.9 Å². The number of likely N-dealkylation sites (tertiary alicyclic amines) is 1. The maximum absolute atomic E-state index is 12.2. The van der Waals surface area contributed by atoms with Crippen LogP contribution in [0.25, 0.3) is 0 Å². The van der Waals surface area contributed by atoms with Gasteiger partial charge in [0.15, 0.2) is 0 Å². The van der Waals surface area contributed by atoms with Crippen molar-refractivity contribution in [3.63, 3.8) is 0 Å². The Morgan fingerprint density at radius 2 is 2.30 bits per heavy atom. The summed E-state index contributed by atoms with van der Waals surface area (Å²) in [6.07, 6.45) is 4.99. The molecule has 0 unspecified atom stereocenters. The molecule has 0 aliphatic carbocycles. The Kier molecular flexibility index (Phi) is 5.40. The van der Waals surface area contributed by atoms with E-state index in [0.717, 1.165) is 26.1 Å². The Morgan fingerprint density at radius 1 is 1.48 bits per heavy atom. The van der Waals surface area contributed by atoms with Gasteiger partial charge in [-0.15, -0.1) is 0 Å². The highest BCUT2D eigenvalue weighted by Gasteiger charge is 2.41. The molecule has 2 fully saturated rings. The number of rotatable bonds is 6. The number of anilines is 1. The van der Waals surface area contributed by atoms with Crippen molar-refractivity contribution < 1.29 is 14.3 Å². The number of aromatic nitrogens is 2. The minimum Gasteiger partial charge on any atom is -0.384 e. The van der Waals surface area contributed by atoms with E-state index in [1.807, 2.05) is 4.90 Å². The van der Waals surface area contributed by atoms with Crippen molar-refractivity contribution in [3.05, 3.63) is 18.5 Å². The van der Waals surface area contributed by atoms with E-state index in [1.54, 1.807) is 25.6 Å². The molecule has 3 rings (SSSR count). The van der Waals surface area contributed by atoms with Crippen LogP contribution in [-0.4, -0.2) is 66.8 Å². The molecule has 0 saturated carbocycles. The summed E-state index contributed by atoms with van der Waals surface area (Å²) in [7, 11) is 1.62. The number of carbonyl (C=O) groups is 1. The van der Waals surface area contributed by atoms with Crippen molar-refractivity contribution in [1.82, 2.24) is 14.9 Å². The summed E-state index contributed by atoms with van der Waals surface area (Å²) in [5.41, 5.74) is 0. The van der Waals surface area contributed by atoms with Crippen LogP contribution in [0.15, 0.2) is 18.5 Å². The van der Waals surface area contributed by atoms with Crippen molar-refractivity contribution in [3.8, 4) is 0 Å². The Morgan fingerprint density at radius 3 is 3.09 bits per heavy atom. The Labute approximate surface area is 136 Å². The number of piperidine rings is 1. The molecule has 0 radical (unpaired) electrons. The minimum absolute atomic E-state index is 0.0989. The topological polar surface area (TPSA) is 76.6 Å². The maximum Gasteiger partial charge on any atom is 0.224 e. The second-order valence-electron chi connectivity index (χ2n) is 6.12. The molecule has 0 bridgehead atoms. The fourth-order valence-corrected chi connectivity index (χ4v) is 3.40. The third kappa shape index (κ3) is 3.97. The number of nitrogens with one attached hydrogen (secondary N) is 1. The SMILES string of the molecule is COCCC(=O)N1CC[C@@H]2CO[C@@H](CNc3ncccn3)[C@@H]2C1. The van der Waals surface area contributed by atoms with Crippen molar-refractivity contribution in [2.24, 2.45) is 11.8 Å². The normalized spacial score (nSPS) is 26.8. The number of hydrogen-bond acceptors (Lipinski definition) is 6. The lowest BCUT2D eigenvalue weighted by atomic mass is 9.84. The fraction of sp³-hybridized carbons (Fsp3) is 0.688. The molecule has 2 aliphatic heterocycles. The van der Waals surface area contributed by atoms with Gasteiger partial charge < -0.3 is 19.7 Å². The van der Waals surface area contributed by atoms with Crippen LogP contribution in [0, 0.1) is 11.8 Å². The number of nitrogens with zero attached hydrogens (tertiary/aromatic N) is 3. The zero-order valence-electron chi connectivity index (χ0n) is 13.5. The molecule has 1 amide bonds. The van der Waals surface area contributed by atoms with E-state index in [9.17, 15) is 4.79 Å². The van der Waals surface area contributed by atoms with Gasteiger partial charge in [0.05, 0.1) is 25.7 Å². The first-order chi connectivity index (χ1) is 11.3. The predicted octanol–water partition coefficient (Wildman–Crippen LogP) is 0.788. The number of amides is 1. The molecule has 1 aromatic rings. The number of hydrogen-bond donors (Lipinski definition) is 1. The molecular weight excluding hydrogens is 296 g/mol. The summed E-state index contributed by atoms with van der Waals surface area (Å²) in [6, 6.07) is 1.79. The Bertz CT molecular complexity index is 513. The second kappa shape index (κ2) is 7.70. The van der Waals surface area contributed by atoms with Gasteiger partial charge in [-0.2, -0.15) is 0 Å². The third-order valence-electron chi connectivity index (χ3n) is 4.71. The Hall–Kier alpha value is -1.73. The number of methoxy groups -OCH3 is 1. The van der Waals surface area contributed by atoms with Gasteiger partial charge in [0.1, 0.15) is 0 Å². The first kappa shape index (κ1) is 16.1. The van der Waals surface area contributed by atoms with Gasteiger partial charge in [-0.05, 0) is 18.4 Å². The predicted molar refractivity (Wildman–Crippen MR) is 84.9 cm³/mol. The lowest BCUT2D eigenvalue weighted by molar-refractivity contribution is -0.134. The van der Waals surface area contributed by atoms with Crippen LogP contribution in [-0.2, 0) is 14.3 Å². The highest BCUT2D eigenvalue weighted by Crippen LogP contribution is 2.34. The van der Waals surface area contributed by atoms with Crippen LogP contribution in [0.1, 0.15) is 12.8 Å². The molecule has 3 heterocycles. The van der Waals surface area contributed by atoms with Crippen LogP contribution < -0.4 is 5.32 Å². The average molecular weight is 320 g/mol. The largest absolute Gasteiger partial charge is 0.384 e. The molecule has 0 spiro atoms. The highest BCUT2D eigenvalue weighted by atomic mass is 16.5. The van der Waals surface area contributed by atoms with E-state index < -0.39 is 0 Å². The van der Waals surface area contributed by atoms with E-state index in [1.165, 1.54) is 0 Å². The smallest absolute Gasteiger partial charge is 0.224 e. The monoisotopic (exact) mass is 320 g/mol. The van der Waals surface area contributed by atoms with Crippen LogP contribution in [0.3, 0.4) is 0 Å². The van der Waals surface area contributed by atoms with Crippen molar-refractivity contribution in [1.29, 1.82) is 0 Å². The summed E-state index contributed by atoms with van der Waals surface area (Å²) in [5, 5.41) is 3.23. The quantitative estimate of drug-likeness (QED) is 0.835. The Balaban J connectivity index is 1.54. The first-order valence-electron chi connectivity index (χ1n) is 8.17. The molecule has 3 atom stereocenters. The molecule has 126 valence electrons. The second-order valence-corrected chi connectivity index (χ2v) is 6.12. The van der Waals surface area contributed by atoms with Crippen molar-refractivity contribution >= 4 is 11.9 Å². The zero-order valence-corrected chi connectivity index (χ0v) is 13.5. The molecule has 2 aliphatic rings. The van der Waals surface area contributed by atoms with Crippen LogP contribution in [0.2, 0.25) is 0 Å². The van der Waals surface area contributed by atoms with E-state index in [-0.39, 0.29) is 12.0 Å². The van der Waals surface area contributed by atoms with E-state index in [4.69, 9.17) is 9.47 Å². The molecule has 1 N–H and O–H groups in total. The van der Waals surface area contributed by atoms with Gasteiger partial charge in [-0.3, -0.25) is 4.79 Å². The number of ether oxygens (including phenoxy) is 2. The van der Waals surface area contributed by atoms with E-state index in [2.05, 4.69) is 15.3 Å². The summed E-state index contributed by atoms with van der Waals surface area (Å²) < 4.78 is 11.0. The number of fused-ring (bicyclic) bond motifs is 1. The molecule has 7 nitrogen and oxygen atoms in total. The van der Waals surface area contributed by atoms with Crippen LogP contribution in [0.4, 0.5) is 5.95 Å². The molecule has 7 heteroatoms. The molecule has 0 aromatic carbocycles. The van der Waals surface area contributed by atoms with Gasteiger partial charge in [0.25, 0.3) is 0 Å². The van der Waals surface area contributed by atoms with Crippen molar-refractivity contribution in [2.75, 3.05) is 45.3 Å². The average Bonchev–Trinajstić information content (AvgIpc) is 3.01. The summed E-state index contributed by atoms with van der Waals surface area (Å²) >= 11 is 0. The van der Waals surface area contributed by atoms with E-state index in [0.29, 0.717) is 37.4 Å². The minimum atomic E-state index is 0.0989. The highest BCUT2D eigenvalue weighted by molar-refractivity contribution is 5.76. The third-order valence-corrected chi connectivity index (χ3v) is 4.71.